The molecular weight excluding hydrogens is 299 g/mol. The Hall–Kier alpha value is -2.05. The third-order valence-corrected chi connectivity index (χ3v) is 3.47. The van der Waals surface area contributed by atoms with E-state index in [2.05, 4.69) is 25.5 Å². The SMILES string of the molecule is Cn1nnnc1-c1cc(-c2ccc(Cl)c(Cl)c2)ncn1. The molecule has 3 rings (SSSR count). The second kappa shape index (κ2) is 5.15. The lowest BCUT2D eigenvalue weighted by Gasteiger charge is -2.04. The molecule has 0 atom stereocenters. The first-order chi connectivity index (χ1) is 9.65. The third kappa shape index (κ3) is 2.35. The predicted molar refractivity (Wildman–Crippen MR) is 75.3 cm³/mol. The summed E-state index contributed by atoms with van der Waals surface area (Å²) < 4.78 is 1.54. The standard InChI is InChI=1S/C12H8Cl2N6/c1-20-12(17-18-19-20)11-5-10(15-6-16-11)7-2-3-8(13)9(14)4-7/h2-6H,1H3. The minimum atomic E-state index is 0.477. The van der Waals surface area contributed by atoms with Crippen molar-refractivity contribution in [1.29, 1.82) is 0 Å². The van der Waals surface area contributed by atoms with Crippen LogP contribution in [0.15, 0.2) is 30.6 Å². The van der Waals surface area contributed by atoms with E-state index in [0.717, 1.165) is 11.3 Å². The summed E-state index contributed by atoms with van der Waals surface area (Å²) in [5.41, 5.74) is 2.20. The molecule has 0 amide bonds. The summed E-state index contributed by atoms with van der Waals surface area (Å²) in [5.74, 6) is 0.564. The fourth-order valence-electron chi connectivity index (χ4n) is 1.74. The molecule has 2 aromatic heterocycles. The number of aryl methyl sites for hydroxylation is 1. The molecule has 0 fully saturated rings. The van der Waals surface area contributed by atoms with E-state index in [1.807, 2.05) is 6.07 Å². The lowest BCUT2D eigenvalue weighted by atomic mass is 10.1. The highest BCUT2D eigenvalue weighted by Gasteiger charge is 2.10. The summed E-state index contributed by atoms with van der Waals surface area (Å²) in [5, 5.41) is 12.3. The number of halogens is 2. The molecule has 8 heteroatoms. The van der Waals surface area contributed by atoms with Crippen molar-refractivity contribution in [3.63, 3.8) is 0 Å². The van der Waals surface area contributed by atoms with Crippen LogP contribution in [0.25, 0.3) is 22.8 Å². The zero-order valence-electron chi connectivity index (χ0n) is 10.3. The van der Waals surface area contributed by atoms with Gasteiger partial charge in [-0.25, -0.2) is 14.6 Å². The minimum absolute atomic E-state index is 0.477. The summed E-state index contributed by atoms with van der Waals surface area (Å²) in [6.45, 7) is 0. The Morgan fingerprint density at radius 3 is 2.50 bits per heavy atom. The smallest absolute Gasteiger partial charge is 0.200 e. The number of hydrogen-bond donors (Lipinski definition) is 0. The molecule has 3 aromatic rings. The third-order valence-electron chi connectivity index (χ3n) is 2.73. The lowest BCUT2D eigenvalue weighted by Crippen LogP contribution is -1.97. The molecule has 0 spiro atoms. The summed E-state index contributed by atoms with van der Waals surface area (Å²) in [7, 11) is 1.75. The lowest BCUT2D eigenvalue weighted by molar-refractivity contribution is 0.713. The average molecular weight is 307 g/mol. The first kappa shape index (κ1) is 13.0. The number of nitrogens with zero attached hydrogens (tertiary/aromatic N) is 6. The van der Waals surface area contributed by atoms with Gasteiger partial charge in [-0.05, 0) is 28.6 Å². The van der Waals surface area contributed by atoms with Crippen molar-refractivity contribution >= 4 is 23.2 Å². The number of aromatic nitrogens is 6. The maximum absolute atomic E-state index is 6.02. The van der Waals surface area contributed by atoms with E-state index in [1.54, 1.807) is 29.9 Å². The van der Waals surface area contributed by atoms with Crippen LogP contribution in [0.2, 0.25) is 10.0 Å². The molecule has 0 aliphatic rings. The molecule has 0 radical (unpaired) electrons. The summed E-state index contributed by atoms with van der Waals surface area (Å²) in [4.78, 5) is 8.40. The van der Waals surface area contributed by atoms with Crippen molar-refractivity contribution in [3.05, 3.63) is 40.6 Å². The Bertz CT molecular complexity index is 770. The number of rotatable bonds is 2. The van der Waals surface area contributed by atoms with Gasteiger partial charge in [-0.3, -0.25) is 0 Å². The van der Waals surface area contributed by atoms with E-state index in [0.29, 0.717) is 21.6 Å². The Balaban J connectivity index is 2.07. The van der Waals surface area contributed by atoms with E-state index < -0.39 is 0 Å². The van der Waals surface area contributed by atoms with Gasteiger partial charge >= 0.3 is 0 Å². The summed E-state index contributed by atoms with van der Waals surface area (Å²) in [6, 6.07) is 7.12. The highest BCUT2D eigenvalue weighted by molar-refractivity contribution is 6.42. The first-order valence-electron chi connectivity index (χ1n) is 5.65. The number of tetrazole rings is 1. The van der Waals surface area contributed by atoms with Crippen LogP contribution in [0.4, 0.5) is 0 Å². The van der Waals surface area contributed by atoms with Crippen LogP contribution < -0.4 is 0 Å². The highest BCUT2D eigenvalue weighted by atomic mass is 35.5. The Labute approximate surface area is 124 Å². The first-order valence-corrected chi connectivity index (χ1v) is 6.41. The van der Waals surface area contributed by atoms with Gasteiger partial charge in [-0.1, -0.05) is 29.3 Å². The van der Waals surface area contributed by atoms with Crippen LogP contribution in [0.5, 0.6) is 0 Å². The van der Waals surface area contributed by atoms with E-state index >= 15 is 0 Å². The van der Waals surface area contributed by atoms with E-state index in [9.17, 15) is 0 Å². The normalized spacial score (nSPS) is 10.8. The van der Waals surface area contributed by atoms with Crippen LogP contribution in [0.1, 0.15) is 0 Å². The zero-order valence-corrected chi connectivity index (χ0v) is 11.8. The fourth-order valence-corrected chi connectivity index (χ4v) is 2.04. The summed E-state index contributed by atoms with van der Waals surface area (Å²) in [6.07, 6.45) is 1.46. The Kier molecular flexibility index (Phi) is 3.33. The van der Waals surface area contributed by atoms with Gasteiger partial charge in [0.2, 0.25) is 5.82 Å². The van der Waals surface area contributed by atoms with Crippen molar-refractivity contribution in [2.45, 2.75) is 0 Å². The second-order valence-corrected chi connectivity index (χ2v) is 4.86. The predicted octanol–water partition coefficient (Wildman–Crippen LogP) is 2.64. The van der Waals surface area contributed by atoms with Crippen LogP contribution >= 0.6 is 23.2 Å². The highest BCUT2D eigenvalue weighted by Crippen LogP contribution is 2.28. The van der Waals surface area contributed by atoms with E-state index in [-0.39, 0.29) is 0 Å². The van der Waals surface area contributed by atoms with Gasteiger partial charge in [0.05, 0.1) is 15.7 Å². The molecule has 100 valence electrons. The molecule has 1 aromatic carbocycles. The Morgan fingerprint density at radius 2 is 1.80 bits per heavy atom. The van der Waals surface area contributed by atoms with Crippen LogP contribution in [0.3, 0.4) is 0 Å². The van der Waals surface area contributed by atoms with Gasteiger partial charge in [0.25, 0.3) is 0 Å². The maximum atomic E-state index is 6.02. The van der Waals surface area contributed by atoms with Crippen molar-refractivity contribution in [2.24, 2.45) is 7.05 Å². The number of benzene rings is 1. The van der Waals surface area contributed by atoms with Gasteiger partial charge in [0.15, 0.2) is 0 Å². The van der Waals surface area contributed by atoms with Crippen LogP contribution in [-0.2, 0) is 7.05 Å². The van der Waals surface area contributed by atoms with E-state index in [4.69, 9.17) is 23.2 Å². The molecular formula is C12H8Cl2N6. The van der Waals surface area contributed by atoms with Crippen LogP contribution in [-0.4, -0.2) is 30.2 Å². The van der Waals surface area contributed by atoms with Gasteiger partial charge in [0, 0.05) is 12.6 Å². The second-order valence-electron chi connectivity index (χ2n) is 4.04. The molecule has 0 saturated heterocycles. The topological polar surface area (TPSA) is 69.4 Å². The van der Waals surface area contributed by atoms with Crippen molar-refractivity contribution in [2.75, 3.05) is 0 Å². The molecule has 20 heavy (non-hydrogen) atoms. The van der Waals surface area contributed by atoms with Crippen LogP contribution in [0, 0.1) is 0 Å². The molecule has 0 saturated carbocycles. The molecule has 6 nitrogen and oxygen atoms in total. The minimum Gasteiger partial charge on any atom is -0.236 e. The fraction of sp³-hybridized carbons (Fsp3) is 0.0833. The molecule has 0 bridgehead atoms. The van der Waals surface area contributed by atoms with Gasteiger partial charge in [-0.15, -0.1) is 5.10 Å². The largest absolute Gasteiger partial charge is 0.236 e. The quantitative estimate of drug-likeness (QED) is 0.728. The monoisotopic (exact) mass is 306 g/mol. The van der Waals surface area contributed by atoms with Gasteiger partial charge in [-0.2, -0.15) is 0 Å². The summed E-state index contributed by atoms with van der Waals surface area (Å²) >= 11 is 11.9. The zero-order chi connectivity index (χ0) is 14.1. The molecule has 2 heterocycles. The van der Waals surface area contributed by atoms with Crippen molar-refractivity contribution in [1.82, 2.24) is 30.2 Å². The Morgan fingerprint density at radius 1 is 1.00 bits per heavy atom. The molecule has 0 aliphatic carbocycles. The average Bonchev–Trinajstić information content (AvgIpc) is 2.88. The van der Waals surface area contributed by atoms with Gasteiger partial charge < -0.3 is 0 Å². The number of hydrogen-bond acceptors (Lipinski definition) is 5. The maximum Gasteiger partial charge on any atom is 0.200 e. The molecule has 0 unspecified atom stereocenters. The molecule has 0 aliphatic heterocycles. The van der Waals surface area contributed by atoms with Gasteiger partial charge in [0.1, 0.15) is 12.0 Å². The van der Waals surface area contributed by atoms with Crippen molar-refractivity contribution in [3.8, 4) is 22.8 Å². The molecule has 0 N–H and O–H groups in total. The van der Waals surface area contributed by atoms with Crippen molar-refractivity contribution < 1.29 is 0 Å². The van der Waals surface area contributed by atoms with E-state index in [1.165, 1.54) is 6.33 Å².